The van der Waals surface area contributed by atoms with Crippen LogP contribution in [0.2, 0.25) is 0 Å². The summed E-state index contributed by atoms with van der Waals surface area (Å²) in [5.41, 5.74) is -0.630. The summed E-state index contributed by atoms with van der Waals surface area (Å²) in [6, 6.07) is 13.7. The fourth-order valence-electron chi connectivity index (χ4n) is 2.64. The monoisotopic (exact) mass is 315 g/mol. The first-order valence-corrected chi connectivity index (χ1v) is 6.74. The molecule has 5 heteroatoms. The average molecular weight is 315 g/mol. The SMILES string of the molecule is N#CC(c1c(F)c(F)cc(F)c1F)c1cccc2ccccc12. The third-order valence-electron chi connectivity index (χ3n) is 3.70. The van der Waals surface area contributed by atoms with E-state index in [2.05, 4.69) is 0 Å². The molecule has 0 heterocycles. The van der Waals surface area contributed by atoms with Crippen LogP contribution in [-0.2, 0) is 0 Å². The Morgan fingerprint density at radius 2 is 1.43 bits per heavy atom. The van der Waals surface area contributed by atoms with Gasteiger partial charge in [-0.1, -0.05) is 42.5 Å². The van der Waals surface area contributed by atoms with E-state index < -0.39 is 34.8 Å². The van der Waals surface area contributed by atoms with Crippen molar-refractivity contribution in [3.8, 4) is 6.07 Å². The number of nitrogens with zero attached hydrogens (tertiary/aromatic N) is 1. The fraction of sp³-hybridized carbons (Fsp3) is 0.0556. The highest BCUT2D eigenvalue weighted by atomic mass is 19.2. The lowest BCUT2D eigenvalue weighted by molar-refractivity contribution is 0.438. The van der Waals surface area contributed by atoms with Crippen LogP contribution in [0.15, 0.2) is 48.5 Å². The lowest BCUT2D eigenvalue weighted by Gasteiger charge is -2.15. The predicted molar refractivity (Wildman–Crippen MR) is 77.7 cm³/mol. The van der Waals surface area contributed by atoms with Crippen molar-refractivity contribution in [1.82, 2.24) is 0 Å². The summed E-state index contributed by atoms with van der Waals surface area (Å²) in [5, 5.41) is 10.7. The molecule has 3 aromatic rings. The van der Waals surface area contributed by atoms with E-state index in [0.29, 0.717) is 5.39 Å². The van der Waals surface area contributed by atoms with Gasteiger partial charge in [0.05, 0.1) is 11.6 Å². The molecule has 0 saturated carbocycles. The maximum atomic E-state index is 14.0. The molecule has 0 spiro atoms. The van der Waals surface area contributed by atoms with Gasteiger partial charge in [0.1, 0.15) is 5.92 Å². The minimum atomic E-state index is -1.55. The highest BCUT2D eigenvalue weighted by Gasteiger charge is 2.28. The van der Waals surface area contributed by atoms with Crippen molar-refractivity contribution in [2.24, 2.45) is 0 Å². The largest absolute Gasteiger partial charge is 0.204 e. The molecule has 0 bridgehead atoms. The highest BCUT2D eigenvalue weighted by Crippen LogP contribution is 2.34. The molecule has 0 fully saturated rings. The summed E-state index contributed by atoms with van der Waals surface area (Å²) in [7, 11) is 0. The number of nitriles is 1. The zero-order valence-electron chi connectivity index (χ0n) is 11.7. The zero-order valence-corrected chi connectivity index (χ0v) is 11.7. The van der Waals surface area contributed by atoms with E-state index in [9.17, 15) is 22.8 Å². The summed E-state index contributed by atoms with van der Waals surface area (Å²) in [4.78, 5) is 0. The van der Waals surface area contributed by atoms with Gasteiger partial charge >= 0.3 is 0 Å². The van der Waals surface area contributed by atoms with Crippen molar-refractivity contribution < 1.29 is 17.6 Å². The lowest BCUT2D eigenvalue weighted by Crippen LogP contribution is -2.09. The second-order valence-corrected chi connectivity index (χ2v) is 5.01. The van der Waals surface area contributed by atoms with E-state index in [1.807, 2.05) is 0 Å². The topological polar surface area (TPSA) is 23.8 Å². The first-order valence-electron chi connectivity index (χ1n) is 6.74. The van der Waals surface area contributed by atoms with Crippen molar-refractivity contribution in [1.29, 1.82) is 5.26 Å². The maximum Gasteiger partial charge on any atom is 0.166 e. The molecule has 0 saturated heterocycles. The van der Waals surface area contributed by atoms with E-state index in [4.69, 9.17) is 0 Å². The van der Waals surface area contributed by atoms with E-state index in [1.165, 1.54) is 6.07 Å². The number of fused-ring (bicyclic) bond motifs is 1. The van der Waals surface area contributed by atoms with Gasteiger partial charge in [-0.05, 0) is 16.3 Å². The second kappa shape index (κ2) is 5.73. The molecular weight excluding hydrogens is 306 g/mol. The molecule has 3 rings (SSSR count). The van der Waals surface area contributed by atoms with Gasteiger partial charge in [0.15, 0.2) is 23.3 Å². The van der Waals surface area contributed by atoms with Crippen LogP contribution in [-0.4, -0.2) is 0 Å². The third kappa shape index (κ3) is 2.42. The van der Waals surface area contributed by atoms with Crippen molar-refractivity contribution >= 4 is 10.8 Å². The Morgan fingerprint density at radius 3 is 2.09 bits per heavy atom. The van der Waals surface area contributed by atoms with Gasteiger partial charge in [-0.3, -0.25) is 0 Å². The number of rotatable bonds is 2. The number of hydrogen-bond acceptors (Lipinski definition) is 1. The zero-order chi connectivity index (χ0) is 16.6. The Hall–Kier alpha value is -2.87. The van der Waals surface area contributed by atoms with E-state index >= 15 is 0 Å². The van der Waals surface area contributed by atoms with Crippen LogP contribution >= 0.6 is 0 Å². The molecule has 114 valence electrons. The number of halogens is 4. The minimum Gasteiger partial charge on any atom is -0.204 e. The van der Waals surface area contributed by atoms with Crippen LogP contribution in [0.5, 0.6) is 0 Å². The van der Waals surface area contributed by atoms with Gasteiger partial charge in [0.2, 0.25) is 0 Å². The van der Waals surface area contributed by atoms with Crippen molar-refractivity contribution in [3.05, 3.63) is 82.9 Å². The van der Waals surface area contributed by atoms with Crippen LogP contribution in [0.25, 0.3) is 10.8 Å². The summed E-state index contributed by atoms with van der Waals surface area (Å²) in [5.74, 6) is -7.63. The second-order valence-electron chi connectivity index (χ2n) is 5.01. The van der Waals surface area contributed by atoms with Gasteiger partial charge < -0.3 is 0 Å². The van der Waals surface area contributed by atoms with Crippen molar-refractivity contribution in [2.75, 3.05) is 0 Å². The first kappa shape index (κ1) is 15.0. The van der Waals surface area contributed by atoms with Gasteiger partial charge in [-0.25, -0.2) is 17.6 Å². The molecule has 23 heavy (non-hydrogen) atoms. The van der Waals surface area contributed by atoms with Crippen molar-refractivity contribution in [3.63, 3.8) is 0 Å². The molecular formula is C18H9F4N. The molecule has 0 N–H and O–H groups in total. The predicted octanol–water partition coefficient (Wildman–Crippen LogP) is 5.05. The summed E-state index contributed by atoms with van der Waals surface area (Å²) >= 11 is 0. The van der Waals surface area contributed by atoms with Crippen LogP contribution in [0.1, 0.15) is 17.0 Å². The Morgan fingerprint density at radius 1 is 0.826 bits per heavy atom. The lowest BCUT2D eigenvalue weighted by atomic mass is 9.88. The standard InChI is InChI=1S/C18H9F4N/c19-14-8-15(20)18(22)16(17(14)21)13(9-23)12-7-3-5-10-4-1-2-6-11(10)12/h1-8,13H. The molecule has 1 unspecified atom stereocenters. The maximum absolute atomic E-state index is 14.0. The van der Waals surface area contributed by atoms with Crippen LogP contribution < -0.4 is 0 Å². The Balaban J connectivity index is 2.32. The third-order valence-corrected chi connectivity index (χ3v) is 3.70. The first-order chi connectivity index (χ1) is 11.0. The normalized spacial score (nSPS) is 12.1. The molecule has 0 aliphatic rings. The quantitative estimate of drug-likeness (QED) is 0.479. The van der Waals surface area contributed by atoms with Gasteiger partial charge in [0, 0.05) is 6.07 Å². The highest BCUT2D eigenvalue weighted by molar-refractivity contribution is 5.87. The summed E-state index contributed by atoms with van der Waals surface area (Å²) < 4.78 is 55.0. The van der Waals surface area contributed by atoms with Crippen LogP contribution in [0, 0.1) is 34.6 Å². The Kier molecular flexibility index (Phi) is 3.75. The molecule has 0 aliphatic carbocycles. The molecule has 0 aromatic heterocycles. The minimum absolute atomic E-state index is 0.131. The van der Waals surface area contributed by atoms with Gasteiger partial charge in [0.25, 0.3) is 0 Å². The van der Waals surface area contributed by atoms with E-state index in [0.717, 1.165) is 5.39 Å². The average Bonchev–Trinajstić information content (AvgIpc) is 2.56. The van der Waals surface area contributed by atoms with Crippen LogP contribution in [0.4, 0.5) is 17.6 Å². The Bertz CT molecular complexity index is 912. The van der Waals surface area contributed by atoms with Crippen LogP contribution in [0.3, 0.4) is 0 Å². The van der Waals surface area contributed by atoms with E-state index in [1.54, 1.807) is 42.5 Å². The molecule has 0 amide bonds. The van der Waals surface area contributed by atoms with Gasteiger partial charge in [-0.2, -0.15) is 5.26 Å². The molecule has 1 atom stereocenters. The molecule has 1 nitrogen and oxygen atoms in total. The molecule has 0 radical (unpaired) electrons. The molecule has 3 aromatic carbocycles. The van der Waals surface area contributed by atoms with E-state index in [-0.39, 0.29) is 11.6 Å². The summed E-state index contributed by atoms with van der Waals surface area (Å²) in [6.45, 7) is 0. The molecule has 0 aliphatic heterocycles. The smallest absolute Gasteiger partial charge is 0.166 e. The fourth-order valence-corrected chi connectivity index (χ4v) is 2.64. The van der Waals surface area contributed by atoms with Crippen molar-refractivity contribution in [2.45, 2.75) is 5.92 Å². The van der Waals surface area contributed by atoms with Gasteiger partial charge in [-0.15, -0.1) is 0 Å². The number of benzene rings is 3. The Labute approximate surface area is 129 Å². The number of hydrogen-bond donors (Lipinski definition) is 0. The summed E-state index contributed by atoms with van der Waals surface area (Å²) in [6.07, 6.45) is 0.